The molecule has 0 spiro atoms. The van der Waals surface area contributed by atoms with Gasteiger partial charge in [0.1, 0.15) is 5.69 Å². The van der Waals surface area contributed by atoms with Crippen molar-refractivity contribution in [2.24, 2.45) is 5.10 Å². The summed E-state index contributed by atoms with van der Waals surface area (Å²) in [5, 5.41) is 44.1. The first-order valence-electron chi connectivity index (χ1n) is 8.10. The van der Waals surface area contributed by atoms with Crippen LogP contribution in [0.3, 0.4) is 0 Å². The smallest absolute Gasteiger partial charge is 0.170 e. The number of methoxy groups -OCH3 is 2. The van der Waals surface area contributed by atoms with Crippen LogP contribution in [0.2, 0.25) is 0 Å². The molecule has 0 amide bonds. The maximum absolute atomic E-state index is 10.9. The topological polar surface area (TPSA) is 136 Å². The fourth-order valence-corrected chi connectivity index (χ4v) is 3.66. The van der Waals surface area contributed by atoms with Crippen molar-refractivity contribution >= 4 is 38.7 Å². The van der Waals surface area contributed by atoms with Crippen molar-refractivity contribution in [2.45, 2.75) is 12.8 Å². The molecular weight excluding hydrogens is 436 g/mol. The van der Waals surface area contributed by atoms with Gasteiger partial charge in [-0.05, 0) is 42.7 Å². The molecule has 0 atom stereocenters. The Kier molecular flexibility index (Phi) is 5.91. The van der Waals surface area contributed by atoms with Gasteiger partial charge < -0.3 is 25.1 Å². The Bertz CT molecular complexity index is 919. The number of hydrogen-bond donors (Lipinski definition) is 3. The molecule has 1 aliphatic rings. The minimum Gasteiger partial charge on any atom is -0.769 e. The van der Waals surface area contributed by atoms with Crippen LogP contribution in [0.4, 0.5) is 17.1 Å². The number of nitrogens with zero attached hydrogens (tertiary/aromatic N) is 3. The average Bonchev–Trinajstić information content (AvgIpc) is 3.10. The van der Waals surface area contributed by atoms with Crippen molar-refractivity contribution in [2.75, 3.05) is 30.1 Å². The predicted octanol–water partition coefficient (Wildman–Crippen LogP) is 3.62. The molecule has 2 aromatic rings. The van der Waals surface area contributed by atoms with Gasteiger partial charge in [0.15, 0.2) is 11.5 Å². The lowest BCUT2D eigenvalue weighted by Crippen LogP contribution is -2.14. The lowest BCUT2D eigenvalue weighted by Gasteiger charge is -2.37. The average molecular weight is 453 g/mol. The normalized spacial score (nSPS) is 14.0. The second kappa shape index (κ2) is 8.20. The summed E-state index contributed by atoms with van der Waals surface area (Å²) >= 11 is 3.53. The second-order valence-corrected chi connectivity index (χ2v) is 6.72. The second-order valence-electron chi connectivity index (χ2n) is 5.87. The van der Waals surface area contributed by atoms with Crippen molar-refractivity contribution < 1.29 is 19.9 Å². The fraction of sp³-hybridized carbons (Fsp3) is 0.235. The number of rotatable bonds is 6. The molecule has 0 aromatic heterocycles. The van der Waals surface area contributed by atoms with E-state index in [1.54, 1.807) is 14.2 Å². The molecule has 28 heavy (non-hydrogen) atoms. The highest BCUT2D eigenvalue weighted by atomic mass is 79.9. The molecule has 0 heterocycles. The lowest BCUT2D eigenvalue weighted by atomic mass is 10.1. The van der Waals surface area contributed by atoms with Crippen LogP contribution in [0.1, 0.15) is 17.5 Å². The molecule has 0 radical (unpaired) electrons. The first-order valence-corrected chi connectivity index (χ1v) is 8.89. The summed E-state index contributed by atoms with van der Waals surface area (Å²) in [5.74, 6) is 1.10. The van der Waals surface area contributed by atoms with Crippen molar-refractivity contribution in [3.05, 3.63) is 50.3 Å². The molecule has 150 valence electrons. The van der Waals surface area contributed by atoms with Gasteiger partial charge in [-0.25, -0.2) is 0 Å². The zero-order chi connectivity index (χ0) is 20.4. The van der Waals surface area contributed by atoms with Gasteiger partial charge in [0.05, 0.1) is 25.6 Å². The minimum atomic E-state index is -0.634. The number of ether oxygens (including phenoxy) is 2. The van der Waals surface area contributed by atoms with Crippen LogP contribution in [-0.2, 0) is 6.42 Å². The van der Waals surface area contributed by atoms with E-state index in [1.165, 1.54) is 12.1 Å². The van der Waals surface area contributed by atoms with Crippen LogP contribution < -0.4 is 25.4 Å². The van der Waals surface area contributed by atoms with Crippen LogP contribution in [0.25, 0.3) is 0 Å². The Morgan fingerprint density at radius 3 is 2.50 bits per heavy atom. The SMILES string of the molecule is COc1cc(Br)c2c(c1OC)C(=NNc1ccc(N([O-])[O-])cc1N(O)O)CC2. The first kappa shape index (κ1) is 20.2. The first-order chi connectivity index (χ1) is 13.4. The molecule has 10 nitrogen and oxygen atoms in total. The van der Waals surface area contributed by atoms with Gasteiger partial charge in [-0.3, -0.25) is 15.8 Å². The highest BCUT2D eigenvalue weighted by molar-refractivity contribution is 9.10. The number of fused-ring (bicyclic) bond motifs is 1. The van der Waals surface area contributed by atoms with Gasteiger partial charge in [0.25, 0.3) is 0 Å². The van der Waals surface area contributed by atoms with Crippen LogP contribution >= 0.6 is 15.9 Å². The van der Waals surface area contributed by atoms with Gasteiger partial charge in [0, 0.05) is 15.7 Å². The summed E-state index contributed by atoms with van der Waals surface area (Å²) in [5.41, 5.74) is 4.91. The van der Waals surface area contributed by atoms with Crippen molar-refractivity contribution in [1.82, 2.24) is 0 Å². The van der Waals surface area contributed by atoms with E-state index in [9.17, 15) is 20.8 Å². The third-order valence-corrected chi connectivity index (χ3v) is 5.05. The molecule has 11 heteroatoms. The third kappa shape index (κ3) is 3.70. The van der Waals surface area contributed by atoms with Crippen molar-refractivity contribution in [3.63, 3.8) is 0 Å². The lowest BCUT2D eigenvalue weighted by molar-refractivity contribution is 0.0295. The highest BCUT2D eigenvalue weighted by Gasteiger charge is 2.28. The molecule has 2 aromatic carbocycles. The van der Waals surface area contributed by atoms with Gasteiger partial charge >= 0.3 is 0 Å². The highest BCUT2D eigenvalue weighted by Crippen LogP contribution is 2.43. The molecular formula is C17H17BrN4O6-2. The molecule has 0 aliphatic heterocycles. The zero-order valence-electron chi connectivity index (χ0n) is 15.0. The molecule has 0 unspecified atom stereocenters. The monoisotopic (exact) mass is 452 g/mol. The molecule has 0 bridgehead atoms. The Hall–Kier alpha value is -2.57. The number of benzene rings is 2. The summed E-state index contributed by atoms with van der Waals surface area (Å²) in [7, 11) is 3.08. The predicted molar refractivity (Wildman–Crippen MR) is 107 cm³/mol. The Morgan fingerprint density at radius 2 is 1.89 bits per heavy atom. The van der Waals surface area contributed by atoms with Gasteiger partial charge in [-0.2, -0.15) is 5.10 Å². The van der Waals surface area contributed by atoms with E-state index in [0.29, 0.717) is 23.6 Å². The van der Waals surface area contributed by atoms with Crippen LogP contribution in [0, 0.1) is 10.4 Å². The van der Waals surface area contributed by atoms with Gasteiger partial charge in [-0.1, -0.05) is 15.9 Å². The fourth-order valence-electron chi connectivity index (χ4n) is 3.05. The van der Waals surface area contributed by atoms with E-state index < -0.39 is 5.23 Å². The Morgan fingerprint density at radius 1 is 1.14 bits per heavy atom. The summed E-state index contributed by atoms with van der Waals surface area (Å²) in [6.07, 6.45) is 1.35. The molecule has 0 saturated carbocycles. The Balaban J connectivity index is 2.00. The zero-order valence-corrected chi connectivity index (χ0v) is 16.6. The minimum absolute atomic E-state index is 0.178. The van der Waals surface area contributed by atoms with E-state index in [2.05, 4.69) is 26.5 Å². The molecule has 3 N–H and O–H groups in total. The van der Waals surface area contributed by atoms with Crippen molar-refractivity contribution in [1.29, 1.82) is 0 Å². The maximum atomic E-state index is 10.9. The van der Waals surface area contributed by atoms with Gasteiger partial charge in [0.2, 0.25) is 0 Å². The molecule has 1 aliphatic carbocycles. The Labute approximate surface area is 168 Å². The standard InChI is InChI=1S/C17H17BrN4O6/c1-27-15-8-11(18)10-4-6-13(16(10)17(15)28-2)20-19-12-5-3-9(21(23)24)7-14(12)22(25)26/h3,5,7-8,19,25-26H,4,6H2,1-2H3/q-2. The van der Waals surface area contributed by atoms with E-state index in [0.717, 1.165) is 28.1 Å². The molecule has 0 fully saturated rings. The van der Waals surface area contributed by atoms with Gasteiger partial charge in [-0.15, -0.1) is 5.23 Å². The largest absolute Gasteiger partial charge is 0.769 e. The maximum Gasteiger partial charge on any atom is 0.170 e. The summed E-state index contributed by atoms with van der Waals surface area (Å²) < 4.78 is 11.7. The number of hydrazone groups is 1. The summed E-state index contributed by atoms with van der Waals surface area (Å²) in [6.45, 7) is 0. The van der Waals surface area contributed by atoms with E-state index in [4.69, 9.17) is 9.47 Å². The van der Waals surface area contributed by atoms with Crippen molar-refractivity contribution in [3.8, 4) is 11.5 Å². The van der Waals surface area contributed by atoms with E-state index in [-0.39, 0.29) is 22.3 Å². The summed E-state index contributed by atoms with van der Waals surface area (Å²) in [4.78, 5) is 0. The number of nitrogens with one attached hydrogen (secondary N) is 1. The summed E-state index contributed by atoms with van der Waals surface area (Å²) in [6, 6.07) is 5.42. The van der Waals surface area contributed by atoms with E-state index >= 15 is 0 Å². The molecule has 3 rings (SSSR count). The quantitative estimate of drug-likeness (QED) is 0.561. The third-order valence-electron chi connectivity index (χ3n) is 4.34. The molecule has 0 saturated heterocycles. The number of anilines is 3. The number of halogens is 1. The van der Waals surface area contributed by atoms with Crippen LogP contribution in [-0.4, -0.2) is 30.3 Å². The number of hydrogen-bond acceptors (Lipinski definition) is 10. The van der Waals surface area contributed by atoms with Crippen LogP contribution in [0.15, 0.2) is 33.8 Å². The van der Waals surface area contributed by atoms with Crippen LogP contribution in [0.5, 0.6) is 11.5 Å². The van der Waals surface area contributed by atoms with E-state index in [1.807, 2.05) is 6.07 Å².